The number of phenols is 1. The molecule has 2 heterocycles. The maximum absolute atomic E-state index is 12.9. The van der Waals surface area contributed by atoms with Crippen molar-refractivity contribution in [2.75, 3.05) is 20.3 Å². The number of aromatic amines is 1. The number of aliphatic hydroxyl groups excluding tert-OH is 1. The van der Waals surface area contributed by atoms with E-state index < -0.39 is 6.04 Å². The van der Waals surface area contributed by atoms with Crippen LogP contribution in [0.25, 0.3) is 11.3 Å². The largest absolute Gasteiger partial charge is 0.507 e. The molecule has 0 unspecified atom stereocenters. The topological polar surface area (TPSA) is 98.7 Å². The van der Waals surface area contributed by atoms with Crippen molar-refractivity contribution >= 4 is 5.91 Å². The zero-order valence-corrected chi connectivity index (χ0v) is 15.6. The Labute approximate surface area is 162 Å². The van der Waals surface area contributed by atoms with Crippen molar-refractivity contribution in [3.8, 4) is 22.8 Å². The molecule has 1 amide bonds. The Kier molecular flexibility index (Phi) is 4.52. The first kappa shape index (κ1) is 18.1. The molecule has 3 aromatic rings. The van der Waals surface area contributed by atoms with E-state index in [-0.39, 0.29) is 24.8 Å². The summed E-state index contributed by atoms with van der Waals surface area (Å²) in [6.45, 7) is 1.97. The second-order valence-electron chi connectivity index (χ2n) is 6.78. The number of H-pyrrole nitrogens is 1. The molecule has 1 aliphatic rings. The van der Waals surface area contributed by atoms with Gasteiger partial charge in [0, 0.05) is 17.7 Å². The molecule has 0 aliphatic carbocycles. The van der Waals surface area contributed by atoms with Gasteiger partial charge >= 0.3 is 0 Å². The lowest BCUT2D eigenvalue weighted by atomic mass is 9.95. The Morgan fingerprint density at radius 2 is 1.96 bits per heavy atom. The van der Waals surface area contributed by atoms with Crippen molar-refractivity contribution in [2.45, 2.75) is 13.0 Å². The highest BCUT2D eigenvalue weighted by Crippen LogP contribution is 2.44. The third kappa shape index (κ3) is 2.80. The fraction of sp³-hybridized carbons (Fsp3) is 0.238. The standard InChI is InChI=1S/C21H21N3O4/c1-12-3-8-16(26)15(11-12)18-17-19(23-22-18)21(27)24(9-10-25)20(17)13-4-6-14(28-2)7-5-13/h3-8,11,20,25-26H,9-10H2,1-2H3,(H,22,23)/t20-/m0/s1. The fourth-order valence-electron chi connectivity index (χ4n) is 3.71. The third-order valence-corrected chi connectivity index (χ3v) is 5.04. The number of benzene rings is 2. The number of phenolic OH excluding ortho intramolecular Hbond substituents is 1. The van der Waals surface area contributed by atoms with Crippen LogP contribution in [0.5, 0.6) is 11.5 Å². The maximum Gasteiger partial charge on any atom is 0.273 e. The lowest BCUT2D eigenvalue weighted by Crippen LogP contribution is -2.32. The Hall–Kier alpha value is -3.32. The second kappa shape index (κ2) is 7.01. The number of aliphatic hydroxyl groups is 1. The zero-order chi connectivity index (χ0) is 19.8. The Morgan fingerprint density at radius 1 is 1.21 bits per heavy atom. The monoisotopic (exact) mass is 379 g/mol. The zero-order valence-electron chi connectivity index (χ0n) is 15.6. The summed E-state index contributed by atoms with van der Waals surface area (Å²) in [4.78, 5) is 14.6. The van der Waals surface area contributed by atoms with Crippen LogP contribution < -0.4 is 4.74 Å². The van der Waals surface area contributed by atoms with Gasteiger partial charge in [-0.25, -0.2) is 0 Å². The molecule has 144 valence electrons. The van der Waals surface area contributed by atoms with Crippen LogP contribution in [-0.4, -0.2) is 51.5 Å². The summed E-state index contributed by atoms with van der Waals surface area (Å²) in [6, 6.07) is 12.3. The van der Waals surface area contributed by atoms with Crippen molar-refractivity contribution in [3.63, 3.8) is 0 Å². The molecule has 1 atom stereocenters. The number of fused-ring (bicyclic) bond motifs is 1. The molecular formula is C21H21N3O4. The fourth-order valence-corrected chi connectivity index (χ4v) is 3.71. The average Bonchev–Trinajstić information content (AvgIpc) is 3.24. The van der Waals surface area contributed by atoms with Gasteiger partial charge in [-0.3, -0.25) is 9.89 Å². The van der Waals surface area contributed by atoms with Crippen molar-refractivity contribution < 1.29 is 19.7 Å². The van der Waals surface area contributed by atoms with Crippen molar-refractivity contribution in [1.82, 2.24) is 15.1 Å². The van der Waals surface area contributed by atoms with Crippen molar-refractivity contribution in [2.24, 2.45) is 0 Å². The number of aromatic hydroxyl groups is 1. The molecule has 4 rings (SSSR count). The van der Waals surface area contributed by atoms with Gasteiger partial charge in [-0.2, -0.15) is 5.10 Å². The number of hydrogen-bond acceptors (Lipinski definition) is 5. The van der Waals surface area contributed by atoms with Crippen LogP contribution in [0.2, 0.25) is 0 Å². The van der Waals surface area contributed by atoms with Gasteiger partial charge in [0.2, 0.25) is 0 Å². The maximum atomic E-state index is 12.9. The lowest BCUT2D eigenvalue weighted by Gasteiger charge is -2.25. The summed E-state index contributed by atoms with van der Waals surface area (Å²) in [5.74, 6) is 0.586. The van der Waals surface area contributed by atoms with Crippen LogP contribution in [0.3, 0.4) is 0 Å². The normalized spacial score (nSPS) is 15.8. The molecule has 0 bridgehead atoms. The molecule has 1 aromatic heterocycles. The van der Waals surface area contributed by atoms with Gasteiger partial charge in [0.1, 0.15) is 22.9 Å². The summed E-state index contributed by atoms with van der Waals surface area (Å²) in [7, 11) is 1.60. The molecular weight excluding hydrogens is 358 g/mol. The molecule has 0 spiro atoms. The van der Waals surface area contributed by atoms with Crippen LogP contribution in [0.1, 0.15) is 33.2 Å². The van der Waals surface area contributed by atoms with Crippen LogP contribution in [0.4, 0.5) is 0 Å². The predicted molar refractivity (Wildman–Crippen MR) is 103 cm³/mol. The SMILES string of the molecule is COc1ccc([C@H]2c3c(-c4cc(C)ccc4O)n[nH]c3C(=O)N2CCO)cc1. The van der Waals surface area contributed by atoms with Gasteiger partial charge < -0.3 is 19.8 Å². The Bertz CT molecular complexity index is 1030. The van der Waals surface area contributed by atoms with E-state index in [2.05, 4.69) is 10.2 Å². The molecule has 7 heteroatoms. The minimum atomic E-state index is -0.422. The number of hydrogen-bond donors (Lipinski definition) is 3. The minimum absolute atomic E-state index is 0.0986. The van der Waals surface area contributed by atoms with E-state index in [9.17, 15) is 15.0 Å². The third-order valence-electron chi connectivity index (χ3n) is 5.04. The number of ether oxygens (including phenoxy) is 1. The van der Waals surface area contributed by atoms with Gasteiger partial charge in [0.15, 0.2) is 0 Å². The lowest BCUT2D eigenvalue weighted by molar-refractivity contribution is 0.0706. The van der Waals surface area contributed by atoms with E-state index in [1.54, 1.807) is 18.1 Å². The van der Waals surface area contributed by atoms with Crippen LogP contribution in [0.15, 0.2) is 42.5 Å². The van der Waals surface area contributed by atoms with Gasteiger partial charge in [-0.15, -0.1) is 0 Å². The van der Waals surface area contributed by atoms with Crippen LogP contribution in [0, 0.1) is 6.92 Å². The number of rotatable bonds is 5. The molecule has 3 N–H and O–H groups in total. The van der Waals surface area contributed by atoms with Crippen LogP contribution >= 0.6 is 0 Å². The number of methoxy groups -OCH3 is 1. The molecule has 7 nitrogen and oxygen atoms in total. The van der Waals surface area contributed by atoms with Gasteiger partial charge in [0.05, 0.1) is 19.8 Å². The van der Waals surface area contributed by atoms with E-state index in [4.69, 9.17) is 4.74 Å². The number of aromatic nitrogens is 2. The molecule has 0 saturated carbocycles. The number of amides is 1. The summed E-state index contributed by atoms with van der Waals surface area (Å²) in [6.07, 6.45) is 0. The smallest absolute Gasteiger partial charge is 0.273 e. The van der Waals surface area contributed by atoms with E-state index >= 15 is 0 Å². The highest BCUT2D eigenvalue weighted by atomic mass is 16.5. The van der Waals surface area contributed by atoms with E-state index in [1.165, 1.54) is 0 Å². The van der Waals surface area contributed by atoms with Crippen molar-refractivity contribution in [1.29, 1.82) is 0 Å². The number of carbonyl (C=O) groups excluding carboxylic acids is 1. The number of nitrogens with zero attached hydrogens (tertiary/aromatic N) is 2. The van der Waals surface area contributed by atoms with Gasteiger partial charge in [0.25, 0.3) is 5.91 Å². The number of β-amino-alcohol motifs (C(OH)–C–C–N with tert-alkyl or cyclic N) is 1. The molecule has 0 saturated heterocycles. The van der Waals surface area contributed by atoms with E-state index in [0.29, 0.717) is 28.3 Å². The molecule has 2 aromatic carbocycles. The van der Waals surface area contributed by atoms with Crippen molar-refractivity contribution in [3.05, 3.63) is 64.8 Å². The van der Waals surface area contributed by atoms with Crippen LogP contribution in [-0.2, 0) is 0 Å². The molecule has 1 aliphatic heterocycles. The summed E-state index contributed by atoms with van der Waals surface area (Å²) >= 11 is 0. The molecule has 28 heavy (non-hydrogen) atoms. The Balaban J connectivity index is 1.90. The summed E-state index contributed by atoms with van der Waals surface area (Å²) in [5, 5.41) is 27.1. The minimum Gasteiger partial charge on any atom is -0.507 e. The first-order valence-corrected chi connectivity index (χ1v) is 8.99. The van der Waals surface area contributed by atoms with E-state index in [1.807, 2.05) is 43.3 Å². The molecule has 0 fully saturated rings. The van der Waals surface area contributed by atoms with Gasteiger partial charge in [-0.05, 0) is 36.8 Å². The van der Waals surface area contributed by atoms with E-state index in [0.717, 1.165) is 11.1 Å². The highest BCUT2D eigenvalue weighted by Gasteiger charge is 2.42. The van der Waals surface area contributed by atoms with Gasteiger partial charge in [-0.1, -0.05) is 23.8 Å². The Morgan fingerprint density at radius 3 is 2.64 bits per heavy atom. The summed E-state index contributed by atoms with van der Waals surface area (Å²) in [5.41, 5.74) is 4.02. The number of carbonyl (C=O) groups is 1. The highest BCUT2D eigenvalue weighted by molar-refractivity contribution is 6.00. The quantitative estimate of drug-likeness (QED) is 0.633. The second-order valence-corrected chi connectivity index (χ2v) is 6.78. The number of nitrogens with one attached hydrogen (secondary N) is 1. The first-order chi connectivity index (χ1) is 13.5. The number of aryl methyl sites for hydroxylation is 1. The first-order valence-electron chi connectivity index (χ1n) is 8.99. The summed E-state index contributed by atoms with van der Waals surface area (Å²) < 4.78 is 5.23. The predicted octanol–water partition coefficient (Wildman–Crippen LogP) is 2.64. The average molecular weight is 379 g/mol. The molecule has 0 radical (unpaired) electrons.